The van der Waals surface area contributed by atoms with Crippen LogP contribution in [0.25, 0.3) is 0 Å². The van der Waals surface area contributed by atoms with Crippen molar-refractivity contribution in [3.8, 4) is 0 Å². The Bertz CT molecular complexity index is 516. The molecule has 1 aromatic carbocycles. The first kappa shape index (κ1) is 20.3. The van der Waals surface area contributed by atoms with Gasteiger partial charge < -0.3 is 15.4 Å². The van der Waals surface area contributed by atoms with Gasteiger partial charge in [0.1, 0.15) is 0 Å². The number of benzene rings is 1. The smallest absolute Gasteiger partial charge is 0.306 e. The lowest BCUT2D eigenvalue weighted by Gasteiger charge is -2.30. The summed E-state index contributed by atoms with van der Waals surface area (Å²) in [6.45, 7) is 13.0. The predicted octanol–water partition coefficient (Wildman–Crippen LogP) is 4.44. The van der Waals surface area contributed by atoms with E-state index in [0.717, 1.165) is 36.4 Å². The predicted molar refractivity (Wildman–Crippen MR) is 102 cm³/mol. The number of nitrogen functional groups attached to an aromatic ring is 1. The molecule has 0 amide bonds. The number of ether oxygens (including phenoxy) is 1. The minimum Gasteiger partial charge on any atom is -0.469 e. The second-order valence-corrected chi connectivity index (χ2v) is 7.40. The summed E-state index contributed by atoms with van der Waals surface area (Å²) in [4.78, 5) is 14.0. The molecule has 4 nitrogen and oxygen atoms in total. The minimum absolute atomic E-state index is 0.150. The fourth-order valence-corrected chi connectivity index (χ4v) is 3.05. The Morgan fingerprint density at radius 2 is 1.75 bits per heavy atom. The average molecular weight is 335 g/mol. The van der Waals surface area contributed by atoms with E-state index in [4.69, 9.17) is 10.5 Å². The molecule has 1 atom stereocenters. The highest BCUT2D eigenvalue weighted by molar-refractivity contribution is 5.72. The van der Waals surface area contributed by atoms with Gasteiger partial charge in [0.25, 0.3) is 0 Å². The zero-order valence-corrected chi connectivity index (χ0v) is 16.1. The highest BCUT2D eigenvalue weighted by atomic mass is 16.5. The van der Waals surface area contributed by atoms with Gasteiger partial charge in [0.2, 0.25) is 0 Å². The third kappa shape index (κ3) is 6.06. The maximum absolute atomic E-state index is 11.6. The summed E-state index contributed by atoms with van der Waals surface area (Å²) in [5.41, 5.74) is 9.36. The van der Waals surface area contributed by atoms with Crippen molar-refractivity contribution in [2.75, 3.05) is 30.8 Å². The normalized spacial score (nSPS) is 12.5. The van der Waals surface area contributed by atoms with Crippen molar-refractivity contribution in [1.29, 1.82) is 0 Å². The third-order valence-corrected chi connectivity index (χ3v) is 4.17. The molecular formula is C20H34N2O2. The van der Waals surface area contributed by atoms with Crippen LogP contribution < -0.4 is 10.6 Å². The molecule has 0 aromatic heterocycles. The van der Waals surface area contributed by atoms with Gasteiger partial charge in [-0.15, -0.1) is 0 Å². The molecule has 0 fully saturated rings. The van der Waals surface area contributed by atoms with Gasteiger partial charge >= 0.3 is 5.97 Å². The monoisotopic (exact) mass is 334 g/mol. The number of nitrogens with two attached hydrogens (primary N) is 1. The molecule has 1 unspecified atom stereocenters. The molecule has 0 saturated carbocycles. The van der Waals surface area contributed by atoms with Crippen molar-refractivity contribution in [3.63, 3.8) is 0 Å². The molecule has 24 heavy (non-hydrogen) atoms. The maximum atomic E-state index is 11.6. The van der Waals surface area contributed by atoms with Crippen LogP contribution in [0.5, 0.6) is 0 Å². The van der Waals surface area contributed by atoms with Crippen molar-refractivity contribution in [1.82, 2.24) is 0 Å². The number of methoxy groups -OCH3 is 1. The summed E-state index contributed by atoms with van der Waals surface area (Å²) < 4.78 is 4.81. The van der Waals surface area contributed by atoms with Crippen LogP contribution in [0.4, 0.5) is 11.4 Å². The zero-order valence-electron chi connectivity index (χ0n) is 16.1. The number of nitrogens with zero attached hydrogens (tertiary/aromatic N) is 1. The van der Waals surface area contributed by atoms with Crippen LogP contribution in [0.3, 0.4) is 0 Å². The molecule has 0 heterocycles. The number of hydrogen-bond donors (Lipinski definition) is 1. The molecule has 0 radical (unpaired) electrons. The standard InChI is InChI=1S/C20H34N2O2/c1-7-16(11-20(23)24-6)17-8-9-19(18(21)10-17)22(12-14(2)3)13-15(4)5/h8-10,14-16H,7,11-13,21H2,1-6H3. The first-order chi connectivity index (χ1) is 11.3. The Morgan fingerprint density at radius 3 is 2.17 bits per heavy atom. The summed E-state index contributed by atoms with van der Waals surface area (Å²) in [6, 6.07) is 6.24. The largest absolute Gasteiger partial charge is 0.469 e. The van der Waals surface area contributed by atoms with Crippen LogP contribution in [0.1, 0.15) is 58.9 Å². The number of anilines is 2. The second-order valence-electron chi connectivity index (χ2n) is 7.40. The van der Waals surface area contributed by atoms with E-state index in [1.807, 2.05) is 6.07 Å². The van der Waals surface area contributed by atoms with E-state index in [2.05, 4.69) is 51.7 Å². The summed E-state index contributed by atoms with van der Waals surface area (Å²) >= 11 is 0. The average Bonchev–Trinajstić information content (AvgIpc) is 2.50. The van der Waals surface area contributed by atoms with Gasteiger partial charge in [0.05, 0.1) is 24.9 Å². The lowest BCUT2D eigenvalue weighted by molar-refractivity contribution is -0.141. The van der Waals surface area contributed by atoms with Gasteiger partial charge in [0, 0.05) is 13.1 Å². The summed E-state index contributed by atoms with van der Waals surface area (Å²) in [7, 11) is 1.43. The highest BCUT2D eigenvalue weighted by Gasteiger charge is 2.18. The molecule has 0 aliphatic rings. The Hall–Kier alpha value is -1.71. The van der Waals surface area contributed by atoms with Crippen molar-refractivity contribution in [3.05, 3.63) is 23.8 Å². The molecule has 0 aliphatic carbocycles. The van der Waals surface area contributed by atoms with Crippen LogP contribution in [0.15, 0.2) is 18.2 Å². The zero-order chi connectivity index (χ0) is 18.3. The molecule has 0 saturated heterocycles. The topological polar surface area (TPSA) is 55.6 Å². The second kappa shape index (κ2) is 9.55. The van der Waals surface area contributed by atoms with Crippen LogP contribution in [0, 0.1) is 11.8 Å². The van der Waals surface area contributed by atoms with E-state index in [-0.39, 0.29) is 11.9 Å². The van der Waals surface area contributed by atoms with Gasteiger partial charge in [0.15, 0.2) is 0 Å². The van der Waals surface area contributed by atoms with Gasteiger partial charge in [-0.05, 0) is 41.9 Å². The third-order valence-electron chi connectivity index (χ3n) is 4.17. The van der Waals surface area contributed by atoms with Crippen molar-refractivity contribution in [2.45, 2.75) is 53.4 Å². The maximum Gasteiger partial charge on any atom is 0.306 e. The number of esters is 1. The van der Waals surface area contributed by atoms with Gasteiger partial charge in [-0.2, -0.15) is 0 Å². The van der Waals surface area contributed by atoms with E-state index >= 15 is 0 Å². The highest BCUT2D eigenvalue weighted by Crippen LogP contribution is 2.31. The molecule has 4 heteroatoms. The molecule has 0 bridgehead atoms. The first-order valence-corrected chi connectivity index (χ1v) is 8.99. The molecule has 0 spiro atoms. The fraction of sp³-hybridized carbons (Fsp3) is 0.650. The molecule has 1 aromatic rings. The molecule has 1 rings (SSSR count). The first-order valence-electron chi connectivity index (χ1n) is 8.99. The molecule has 136 valence electrons. The van der Waals surface area contributed by atoms with E-state index < -0.39 is 0 Å². The molecular weight excluding hydrogens is 300 g/mol. The van der Waals surface area contributed by atoms with Crippen molar-refractivity contribution in [2.24, 2.45) is 11.8 Å². The van der Waals surface area contributed by atoms with Crippen molar-refractivity contribution >= 4 is 17.3 Å². The van der Waals surface area contributed by atoms with E-state index in [1.54, 1.807) is 0 Å². The minimum atomic E-state index is -0.175. The van der Waals surface area contributed by atoms with Crippen molar-refractivity contribution < 1.29 is 9.53 Å². The Kier molecular flexibility index (Phi) is 8.09. The van der Waals surface area contributed by atoms with Crippen LogP contribution in [-0.2, 0) is 9.53 Å². The van der Waals surface area contributed by atoms with Crippen LogP contribution in [-0.4, -0.2) is 26.2 Å². The lowest BCUT2D eigenvalue weighted by atomic mass is 9.92. The van der Waals surface area contributed by atoms with E-state index in [9.17, 15) is 4.79 Å². The fourth-order valence-electron chi connectivity index (χ4n) is 3.05. The Morgan fingerprint density at radius 1 is 1.17 bits per heavy atom. The van der Waals surface area contributed by atoms with Gasteiger partial charge in [-0.25, -0.2) is 0 Å². The summed E-state index contributed by atoms with van der Waals surface area (Å²) in [5.74, 6) is 1.12. The van der Waals surface area contributed by atoms with Crippen LogP contribution >= 0.6 is 0 Å². The number of rotatable bonds is 9. The summed E-state index contributed by atoms with van der Waals surface area (Å²) in [6.07, 6.45) is 1.28. The van der Waals surface area contributed by atoms with E-state index in [1.165, 1.54) is 7.11 Å². The van der Waals surface area contributed by atoms with E-state index in [0.29, 0.717) is 18.3 Å². The number of hydrogen-bond acceptors (Lipinski definition) is 4. The molecule has 2 N–H and O–H groups in total. The Labute approximate surface area is 147 Å². The lowest BCUT2D eigenvalue weighted by Crippen LogP contribution is -2.32. The number of carbonyl (C=O) groups is 1. The number of carbonyl (C=O) groups excluding carboxylic acids is 1. The summed E-state index contributed by atoms with van der Waals surface area (Å²) in [5, 5.41) is 0. The quantitative estimate of drug-likeness (QED) is 0.535. The SMILES string of the molecule is CCC(CC(=O)OC)c1ccc(N(CC(C)C)CC(C)C)c(N)c1. The molecule has 0 aliphatic heterocycles. The Balaban J connectivity index is 3.04. The van der Waals surface area contributed by atoms with Gasteiger partial charge in [-0.1, -0.05) is 40.7 Å². The van der Waals surface area contributed by atoms with Gasteiger partial charge in [-0.3, -0.25) is 4.79 Å². The van der Waals surface area contributed by atoms with Crippen LogP contribution in [0.2, 0.25) is 0 Å².